The van der Waals surface area contributed by atoms with Gasteiger partial charge in [-0.15, -0.1) is 0 Å². The SMILES string of the molecule is CCN(C(=O)c1cccc2c1CCCN2)C(C)CN(C)C. The van der Waals surface area contributed by atoms with Gasteiger partial charge in [0.05, 0.1) is 0 Å². The Hall–Kier alpha value is -1.55. The molecule has 0 aliphatic carbocycles. The molecule has 1 N–H and O–H groups in total. The summed E-state index contributed by atoms with van der Waals surface area (Å²) in [6, 6.07) is 6.24. The van der Waals surface area contributed by atoms with Gasteiger partial charge in [0.2, 0.25) is 0 Å². The lowest BCUT2D eigenvalue weighted by molar-refractivity contribution is 0.0678. The van der Waals surface area contributed by atoms with E-state index in [1.807, 2.05) is 31.1 Å². The lowest BCUT2D eigenvalue weighted by Crippen LogP contribution is -2.44. The van der Waals surface area contributed by atoms with Gasteiger partial charge in [0, 0.05) is 36.9 Å². The third-order valence-electron chi connectivity index (χ3n) is 4.09. The summed E-state index contributed by atoms with van der Waals surface area (Å²) in [5.74, 6) is 0.160. The number of carbonyl (C=O) groups is 1. The second-order valence-corrected chi connectivity index (χ2v) is 6.06. The summed E-state index contributed by atoms with van der Waals surface area (Å²) in [6.45, 7) is 6.80. The van der Waals surface area contributed by atoms with Crippen molar-refractivity contribution in [2.45, 2.75) is 32.7 Å². The molecular formula is C17H27N3O. The maximum atomic E-state index is 13.0. The Morgan fingerprint density at radius 1 is 1.38 bits per heavy atom. The van der Waals surface area contributed by atoms with Crippen molar-refractivity contribution in [1.82, 2.24) is 9.80 Å². The predicted molar refractivity (Wildman–Crippen MR) is 88.0 cm³/mol. The highest BCUT2D eigenvalue weighted by Gasteiger charge is 2.24. The molecule has 1 aliphatic heterocycles. The lowest BCUT2D eigenvalue weighted by Gasteiger charge is -2.31. The Morgan fingerprint density at radius 2 is 2.14 bits per heavy atom. The standard InChI is InChI=1S/C17H27N3O/c1-5-20(13(2)12-19(3)4)17(21)15-8-6-10-16-14(15)9-7-11-18-16/h6,8,10,13,18H,5,7,9,11-12H2,1-4H3. The number of amides is 1. The second-order valence-electron chi connectivity index (χ2n) is 6.06. The lowest BCUT2D eigenvalue weighted by atomic mass is 9.96. The number of rotatable bonds is 5. The summed E-state index contributed by atoms with van der Waals surface area (Å²) in [5, 5.41) is 3.40. The molecule has 0 saturated carbocycles. The third kappa shape index (κ3) is 3.56. The van der Waals surface area contributed by atoms with Gasteiger partial charge in [-0.1, -0.05) is 6.07 Å². The summed E-state index contributed by atoms with van der Waals surface area (Å²) in [6.07, 6.45) is 2.08. The summed E-state index contributed by atoms with van der Waals surface area (Å²) in [4.78, 5) is 17.1. The molecule has 1 aromatic rings. The third-order valence-corrected chi connectivity index (χ3v) is 4.09. The first-order valence-electron chi connectivity index (χ1n) is 7.86. The van der Waals surface area contributed by atoms with Crippen molar-refractivity contribution in [2.75, 3.05) is 39.0 Å². The van der Waals surface area contributed by atoms with Crippen LogP contribution in [0.25, 0.3) is 0 Å². The van der Waals surface area contributed by atoms with Gasteiger partial charge in [0.15, 0.2) is 0 Å². The minimum Gasteiger partial charge on any atom is -0.385 e. The summed E-state index contributed by atoms with van der Waals surface area (Å²) < 4.78 is 0. The van der Waals surface area contributed by atoms with E-state index in [-0.39, 0.29) is 11.9 Å². The smallest absolute Gasteiger partial charge is 0.254 e. The number of carbonyl (C=O) groups excluding carboxylic acids is 1. The summed E-state index contributed by atoms with van der Waals surface area (Å²) in [7, 11) is 4.09. The Balaban J connectivity index is 2.25. The van der Waals surface area contributed by atoms with Gasteiger partial charge in [0.1, 0.15) is 0 Å². The van der Waals surface area contributed by atoms with Crippen molar-refractivity contribution in [3.05, 3.63) is 29.3 Å². The quantitative estimate of drug-likeness (QED) is 0.904. The molecule has 116 valence electrons. The molecule has 0 saturated heterocycles. The molecule has 4 heteroatoms. The Bertz CT molecular complexity index is 499. The zero-order valence-corrected chi connectivity index (χ0v) is 13.6. The van der Waals surface area contributed by atoms with E-state index in [9.17, 15) is 4.79 Å². The fourth-order valence-electron chi connectivity index (χ4n) is 3.15. The fraction of sp³-hybridized carbons (Fsp3) is 0.588. The van der Waals surface area contributed by atoms with Crippen LogP contribution in [-0.4, -0.2) is 55.5 Å². The minimum atomic E-state index is 0.160. The van der Waals surface area contributed by atoms with Crippen LogP contribution in [0.5, 0.6) is 0 Å². The number of hydrogen-bond acceptors (Lipinski definition) is 3. The Labute approximate surface area is 128 Å². The number of nitrogens with one attached hydrogen (secondary N) is 1. The molecular weight excluding hydrogens is 262 g/mol. The molecule has 0 fully saturated rings. The average molecular weight is 289 g/mol. The van der Waals surface area contributed by atoms with Gasteiger partial charge < -0.3 is 15.1 Å². The number of hydrogen-bond donors (Lipinski definition) is 1. The van der Waals surface area contributed by atoms with Crippen molar-refractivity contribution in [3.8, 4) is 0 Å². The van der Waals surface area contributed by atoms with Crippen LogP contribution in [0, 0.1) is 0 Å². The molecule has 1 unspecified atom stereocenters. The van der Waals surface area contributed by atoms with Crippen molar-refractivity contribution in [1.29, 1.82) is 0 Å². The molecule has 2 rings (SSSR count). The molecule has 21 heavy (non-hydrogen) atoms. The van der Waals surface area contributed by atoms with Crippen LogP contribution < -0.4 is 5.32 Å². The first kappa shape index (κ1) is 15.8. The van der Waals surface area contributed by atoms with E-state index in [1.165, 1.54) is 5.56 Å². The minimum absolute atomic E-state index is 0.160. The number of fused-ring (bicyclic) bond motifs is 1. The molecule has 1 heterocycles. The topological polar surface area (TPSA) is 35.6 Å². The van der Waals surface area contributed by atoms with Crippen LogP contribution in [0.3, 0.4) is 0 Å². The average Bonchev–Trinajstić information content (AvgIpc) is 2.46. The van der Waals surface area contributed by atoms with Crippen molar-refractivity contribution in [3.63, 3.8) is 0 Å². The summed E-state index contributed by atoms with van der Waals surface area (Å²) in [5.41, 5.74) is 3.18. The zero-order chi connectivity index (χ0) is 15.4. The van der Waals surface area contributed by atoms with Crippen LogP contribution in [0.15, 0.2) is 18.2 Å². The van der Waals surface area contributed by atoms with Gasteiger partial charge in [-0.25, -0.2) is 0 Å². The molecule has 0 bridgehead atoms. The van der Waals surface area contributed by atoms with Gasteiger partial charge in [-0.05, 0) is 58.5 Å². The van der Waals surface area contributed by atoms with Gasteiger partial charge in [-0.2, -0.15) is 0 Å². The largest absolute Gasteiger partial charge is 0.385 e. The normalized spacial score (nSPS) is 15.3. The molecule has 1 atom stereocenters. The Morgan fingerprint density at radius 3 is 2.81 bits per heavy atom. The maximum Gasteiger partial charge on any atom is 0.254 e. The molecule has 1 amide bonds. The van der Waals surface area contributed by atoms with E-state index < -0.39 is 0 Å². The molecule has 1 aliphatic rings. The van der Waals surface area contributed by atoms with E-state index in [0.717, 1.165) is 43.7 Å². The molecule has 1 aromatic carbocycles. The number of anilines is 1. The van der Waals surface area contributed by atoms with E-state index in [0.29, 0.717) is 0 Å². The number of likely N-dealkylation sites (N-methyl/N-ethyl adjacent to an activating group) is 2. The molecule has 0 spiro atoms. The Kier molecular flexibility index (Phi) is 5.23. The van der Waals surface area contributed by atoms with Crippen molar-refractivity contribution < 1.29 is 4.79 Å². The zero-order valence-electron chi connectivity index (χ0n) is 13.6. The molecule has 4 nitrogen and oxygen atoms in total. The maximum absolute atomic E-state index is 13.0. The predicted octanol–water partition coefficient (Wildman–Crippen LogP) is 2.46. The van der Waals surface area contributed by atoms with E-state index in [2.05, 4.69) is 30.1 Å². The second kappa shape index (κ2) is 6.94. The first-order chi connectivity index (χ1) is 10.0. The number of benzene rings is 1. The molecule has 0 aromatic heterocycles. The highest BCUT2D eigenvalue weighted by molar-refractivity contribution is 5.97. The highest BCUT2D eigenvalue weighted by Crippen LogP contribution is 2.26. The number of nitrogens with zero attached hydrogens (tertiary/aromatic N) is 2. The van der Waals surface area contributed by atoms with Crippen LogP contribution in [0.1, 0.15) is 36.2 Å². The van der Waals surface area contributed by atoms with Crippen molar-refractivity contribution >= 4 is 11.6 Å². The van der Waals surface area contributed by atoms with Crippen LogP contribution in [0.2, 0.25) is 0 Å². The first-order valence-corrected chi connectivity index (χ1v) is 7.86. The van der Waals surface area contributed by atoms with Crippen LogP contribution >= 0.6 is 0 Å². The van der Waals surface area contributed by atoms with Gasteiger partial charge in [-0.3, -0.25) is 4.79 Å². The molecule has 0 radical (unpaired) electrons. The van der Waals surface area contributed by atoms with E-state index in [1.54, 1.807) is 0 Å². The van der Waals surface area contributed by atoms with Crippen molar-refractivity contribution in [2.24, 2.45) is 0 Å². The van der Waals surface area contributed by atoms with Crippen LogP contribution in [-0.2, 0) is 6.42 Å². The fourth-order valence-corrected chi connectivity index (χ4v) is 3.15. The van der Waals surface area contributed by atoms with Crippen LogP contribution in [0.4, 0.5) is 5.69 Å². The van der Waals surface area contributed by atoms with E-state index in [4.69, 9.17) is 0 Å². The summed E-state index contributed by atoms with van der Waals surface area (Å²) >= 11 is 0. The highest BCUT2D eigenvalue weighted by atomic mass is 16.2. The monoisotopic (exact) mass is 289 g/mol. The van der Waals surface area contributed by atoms with E-state index >= 15 is 0 Å². The van der Waals surface area contributed by atoms with Gasteiger partial charge in [0.25, 0.3) is 5.91 Å². The van der Waals surface area contributed by atoms with Gasteiger partial charge >= 0.3 is 0 Å².